The second-order valence-corrected chi connectivity index (χ2v) is 6.28. The number of aliphatic hydroxyl groups is 1. The van der Waals surface area contributed by atoms with Crippen molar-refractivity contribution in [2.24, 2.45) is 0 Å². The molecule has 0 bridgehead atoms. The molecule has 0 spiro atoms. The molecule has 1 fully saturated rings. The van der Waals surface area contributed by atoms with Crippen molar-refractivity contribution < 1.29 is 5.11 Å². The summed E-state index contributed by atoms with van der Waals surface area (Å²) in [6.45, 7) is 10.4. The van der Waals surface area contributed by atoms with Crippen LogP contribution in [0.15, 0.2) is 18.5 Å². The van der Waals surface area contributed by atoms with Gasteiger partial charge in [0.15, 0.2) is 5.65 Å². The maximum absolute atomic E-state index is 8.99. The molecule has 0 atom stereocenters. The van der Waals surface area contributed by atoms with E-state index in [4.69, 9.17) is 5.11 Å². The molecule has 0 unspecified atom stereocenters. The zero-order valence-electron chi connectivity index (χ0n) is 13.4. The van der Waals surface area contributed by atoms with E-state index < -0.39 is 0 Å². The van der Waals surface area contributed by atoms with E-state index in [0.717, 1.165) is 50.3 Å². The van der Waals surface area contributed by atoms with Crippen molar-refractivity contribution in [1.82, 2.24) is 24.6 Å². The molecule has 1 N–H and O–H groups in total. The molecule has 6 heteroatoms. The molecule has 0 saturated carbocycles. The Kier molecular flexibility index (Phi) is 4.71. The summed E-state index contributed by atoms with van der Waals surface area (Å²) >= 11 is 0. The van der Waals surface area contributed by atoms with Crippen LogP contribution >= 0.6 is 0 Å². The van der Waals surface area contributed by atoms with Crippen LogP contribution in [0.1, 0.15) is 25.5 Å². The van der Waals surface area contributed by atoms with Crippen LogP contribution in [0.4, 0.5) is 0 Å². The SMILES string of the molecule is CC(C)n1ncc2cc(CN3CCN(CCO)CC3)cnc21. The molecule has 120 valence electrons. The molecule has 22 heavy (non-hydrogen) atoms. The molecule has 0 amide bonds. The molecule has 0 aromatic carbocycles. The minimum atomic E-state index is 0.250. The monoisotopic (exact) mass is 303 g/mol. The summed E-state index contributed by atoms with van der Waals surface area (Å²) in [7, 11) is 0. The molecule has 3 heterocycles. The average molecular weight is 303 g/mol. The molecule has 1 aliphatic rings. The standard InChI is InChI=1S/C16H25N5O/c1-13(2)21-16-15(11-18-21)9-14(10-17-16)12-20-5-3-19(4-6-20)7-8-22/h9-11,13,22H,3-8,12H2,1-2H3. The third kappa shape index (κ3) is 3.29. The average Bonchev–Trinajstić information content (AvgIpc) is 2.93. The Hall–Kier alpha value is -1.50. The Bertz CT molecular complexity index is 616. The number of nitrogens with zero attached hydrogens (tertiary/aromatic N) is 5. The number of aliphatic hydroxyl groups excluding tert-OH is 1. The zero-order valence-corrected chi connectivity index (χ0v) is 13.4. The van der Waals surface area contributed by atoms with Gasteiger partial charge in [0, 0.05) is 56.9 Å². The van der Waals surface area contributed by atoms with Gasteiger partial charge in [-0.05, 0) is 25.5 Å². The predicted molar refractivity (Wildman–Crippen MR) is 86.7 cm³/mol. The highest BCUT2D eigenvalue weighted by atomic mass is 16.3. The molecule has 1 aliphatic heterocycles. The topological polar surface area (TPSA) is 57.4 Å². The van der Waals surface area contributed by atoms with Gasteiger partial charge >= 0.3 is 0 Å². The fraction of sp³-hybridized carbons (Fsp3) is 0.625. The highest BCUT2D eigenvalue weighted by Crippen LogP contribution is 2.18. The van der Waals surface area contributed by atoms with Crippen molar-refractivity contribution in [3.05, 3.63) is 24.0 Å². The second kappa shape index (κ2) is 6.73. The predicted octanol–water partition coefficient (Wildman–Crippen LogP) is 1.12. The van der Waals surface area contributed by atoms with Crippen LogP contribution in [0.5, 0.6) is 0 Å². The molecule has 2 aromatic heterocycles. The minimum absolute atomic E-state index is 0.250. The van der Waals surface area contributed by atoms with Crippen LogP contribution < -0.4 is 0 Å². The van der Waals surface area contributed by atoms with E-state index in [0.29, 0.717) is 6.04 Å². The van der Waals surface area contributed by atoms with E-state index in [1.165, 1.54) is 5.56 Å². The van der Waals surface area contributed by atoms with Gasteiger partial charge in [0.25, 0.3) is 0 Å². The lowest BCUT2D eigenvalue weighted by atomic mass is 10.2. The van der Waals surface area contributed by atoms with E-state index in [9.17, 15) is 0 Å². The van der Waals surface area contributed by atoms with E-state index in [1.54, 1.807) is 0 Å². The number of pyridine rings is 1. The summed E-state index contributed by atoms with van der Waals surface area (Å²) in [5.74, 6) is 0. The lowest BCUT2D eigenvalue weighted by Crippen LogP contribution is -2.46. The lowest BCUT2D eigenvalue weighted by molar-refractivity contribution is 0.108. The first-order valence-electron chi connectivity index (χ1n) is 8.05. The summed E-state index contributed by atoms with van der Waals surface area (Å²) < 4.78 is 1.97. The van der Waals surface area contributed by atoms with Gasteiger partial charge in [-0.15, -0.1) is 0 Å². The second-order valence-electron chi connectivity index (χ2n) is 6.28. The number of fused-ring (bicyclic) bond motifs is 1. The van der Waals surface area contributed by atoms with Crippen molar-refractivity contribution in [2.45, 2.75) is 26.4 Å². The smallest absolute Gasteiger partial charge is 0.157 e. The van der Waals surface area contributed by atoms with E-state index in [-0.39, 0.29) is 6.61 Å². The molecule has 0 aliphatic carbocycles. The highest BCUT2D eigenvalue weighted by Gasteiger charge is 2.17. The van der Waals surface area contributed by atoms with Gasteiger partial charge in [0.05, 0.1) is 12.8 Å². The molecule has 2 aromatic rings. The van der Waals surface area contributed by atoms with Crippen molar-refractivity contribution in [1.29, 1.82) is 0 Å². The number of hydrogen-bond donors (Lipinski definition) is 1. The third-order valence-electron chi connectivity index (χ3n) is 4.27. The molecule has 1 saturated heterocycles. The first-order chi connectivity index (χ1) is 10.7. The summed E-state index contributed by atoms with van der Waals surface area (Å²) in [5, 5.41) is 14.5. The summed E-state index contributed by atoms with van der Waals surface area (Å²) in [4.78, 5) is 9.36. The Labute approximate surface area is 131 Å². The molecular formula is C16H25N5O. The summed E-state index contributed by atoms with van der Waals surface area (Å²) in [5.41, 5.74) is 2.21. The fourth-order valence-corrected chi connectivity index (χ4v) is 3.02. The minimum Gasteiger partial charge on any atom is -0.395 e. The Balaban J connectivity index is 1.65. The quantitative estimate of drug-likeness (QED) is 0.897. The van der Waals surface area contributed by atoms with Gasteiger partial charge in [-0.3, -0.25) is 9.80 Å². The van der Waals surface area contributed by atoms with Crippen LogP contribution in [0.25, 0.3) is 11.0 Å². The largest absolute Gasteiger partial charge is 0.395 e. The van der Waals surface area contributed by atoms with Gasteiger partial charge in [-0.2, -0.15) is 5.10 Å². The summed E-state index contributed by atoms with van der Waals surface area (Å²) in [6, 6.07) is 2.53. The van der Waals surface area contributed by atoms with E-state index in [1.807, 2.05) is 17.1 Å². The van der Waals surface area contributed by atoms with Crippen LogP contribution in [0, 0.1) is 0 Å². The van der Waals surface area contributed by atoms with Crippen LogP contribution in [0.2, 0.25) is 0 Å². The molecule has 0 radical (unpaired) electrons. The van der Waals surface area contributed by atoms with Gasteiger partial charge < -0.3 is 5.11 Å². The van der Waals surface area contributed by atoms with Crippen molar-refractivity contribution in [3.8, 4) is 0 Å². The highest BCUT2D eigenvalue weighted by molar-refractivity contribution is 5.75. The van der Waals surface area contributed by atoms with Crippen molar-refractivity contribution in [3.63, 3.8) is 0 Å². The number of rotatable bonds is 5. The third-order valence-corrected chi connectivity index (χ3v) is 4.27. The number of piperazine rings is 1. The van der Waals surface area contributed by atoms with Gasteiger partial charge in [0.2, 0.25) is 0 Å². The van der Waals surface area contributed by atoms with Crippen LogP contribution in [0.3, 0.4) is 0 Å². The van der Waals surface area contributed by atoms with Gasteiger partial charge in [0.1, 0.15) is 0 Å². The maximum Gasteiger partial charge on any atom is 0.157 e. The number of hydrogen-bond acceptors (Lipinski definition) is 5. The molecule has 6 nitrogen and oxygen atoms in total. The Morgan fingerprint density at radius 3 is 2.55 bits per heavy atom. The lowest BCUT2D eigenvalue weighted by Gasteiger charge is -2.34. The van der Waals surface area contributed by atoms with E-state index >= 15 is 0 Å². The first kappa shape index (κ1) is 15.4. The number of β-amino-alcohol motifs (C(OH)–C–C–N with tert-alkyl or cyclic N) is 1. The molecular weight excluding hydrogens is 278 g/mol. The maximum atomic E-state index is 8.99. The molecule has 3 rings (SSSR count). The van der Waals surface area contributed by atoms with Crippen molar-refractivity contribution in [2.75, 3.05) is 39.3 Å². The fourth-order valence-electron chi connectivity index (χ4n) is 3.02. The van der Waals surface area contributed by atoms with Gasteiger partial charge in [-0.1, -0.05) is 0 Å². The Morgan fingerprint density at radius 1 is 1.14 bits per heavy atom. The van der Waals surface area contributed by atoms with Crippen molar-refractivity contribution >= 4 is 11.0 Å². The zero-order chi connectivity index (χ0) is 15.5. The van der Waals surface area contributed by atoms with Gasteiger partial charge in [-0.25, -0.2) is 9.67 Å². The normalized spacial score (nSPS) is 17.6. The summed E-state index contributed by atoms with van der Waals surface area (Å²) in [6.07, 6.45) is 3.88. The van der Waals surface area contributed by atoms with E-state index in [2.05, 4.69) is 39.8 Å². The first-order valence-corrected chi connectivity index (χ1v) is 8.05. The Morgan fingerprint density at radius 2 is 1.86 bits per heavy atom. The number of aromatic nitrogens is 3. The van der Waals surface area contributed by atoms with Crippen LogP contribution in [-0.4, -0.2) is 69.0 Å². The van der Waals surface area contributed by atoms with Crippen LogP contribution in [-0.2, 0) is 6.54 Å².